The van der Waals surface area contributed by atoms with Gasteiger partial charge in [0.2, 0.25) is 0 Å². The summed E-state index contributed by atoms with van der Waals surface area (Å²) in [5, 5.41) is 3.85. The van der Waals surface area contributed by atoms with E-state index in [2.05, 4.69) is 10.3 Å². The molecule has 5 nitrogen and oxygen atoms in total. The van der Waals surface area contributed by atoms with Crippen molar-refractivity contribution in [1.29, 1.82) is 0 Å². The second-order valence-electron chi connectivity index (χ2n) is 4.90. The maximum Gasteiger partial charge on any atom is 0.263 e. The summed E-state index contributed by atoms with van der Waals surface area (Å²) in [5.41, 5.74) is 7.82. The van der Waals surface area contributed by atoms with Gasteiger partial charge in [0.1, 0.15) is 4.88 Å². The molecule has 6 heteroatoms. The standard InChI is InChI=1S/C15H16N4OS/c1-10-2-3-12-11(8-10)13(16)14(21-12)15(20)18-5-7-19-6-4-17-9-19/h2-4,6,8-9H,5,7,16H2,1H3,(H,18,20). The van der Waals surface area contributed by atoms with Crippen LogP contribution in [0, 0.1) is 6.92 Å². The lowest BCUT2D eigenvalue weighted by molar-refractivity contribution is 0.0957. The normalized spacial score (nSPS) is 10.9. The van der Waals surface area contributed by atoms with Crippen molar-refractivity contribution in [3.05, 3.63) is 47.4 Å². The number of carbonyl (C=O) groups excluding carboxylic acids is 1. The van der Waals surface area contributed by atoms with Crippen molar-refractivity contribution < 1.29 is 4.79 Å². The first-order chi connectivity index (χ1) is 10.1. The van der Waals surface area contributed by atoms with Gasteiger partial charge in [0.15, 0.2) is 0 Å². The highest BCUT2D eigenvalue weighted by Crippen LogP contribution is 2.34. The SMILES string of the molecule is Cc1ccc2sc(C(=O)NCCn3ccnc3)c(N)c2c1. The lowest BCUT2D eigenvalue weighted by atomic mass is 10.1. The zero-order chi connectivity index (χ0) is 14.8. The van der Waals surface area contributed by atoms with Crippen molar-refractivity contribution in [2.24, 2.45) is 0 Å². The van der Waals surface area contributed by atoms with Crippen LogP contribution in [-0.4, -0.2) is 22.0 Å². The Bertz CT molecular complexity index is 776. The van der Waals surface area contributed by atoms with E-state index in [-0.39, 0.29) is 5.91 Å². The third kappa shape index (κ3) is 2.75. The van der Waals surface area contributed by atoms with E-state index in [0.717, 1.165) is 15.6 Å². The summed E-state index contributed by atoms with van der Waals surface area (Å²) in [4.78, 5) is 16.8. The number of nitrogens with two attached hydrogens (primary N) is 1. The number of amides is 1. The second kappa shape index (κ2) is 5.57. The van der Waals surface area contributed by atoms with Crippen LogP contribution in [0.25, 0.3) is 10.1 Å². The van der Waals surface area contributed by atoms with Gasteiger partial charge >= 0.3 is 0 Å². The number of rotatable bonds is 4. The number of nitrogens with zero attached hydrogens (tertiary/aromatic N) is 2. The van der Waals surface area contributed by atoms with E-state index < -0.39 is 0 Å². The molecule has 3 rings (SSSR count). The Balaban J connectivity index is 1.73. The van der Waals surface area contributed by atoms with Gasteiger partial charge in [0.05, 0.1) is 12.0 Å². The van der Waals surface area contributed by atoms with Crippen molar-refractivity contribution >= 4 is 33.0 Å². The highest BCUT2D eigenvalue weighted by atomic mass is 32.1. The molecule has 0 aliphatic carbocycles. The number of carbonyl (C=O) groups is 1. The zero-order valence-electron chi connectivity index (χ0n) is 11.7. The molecule has 0 aliphatic rings. The molecule has 0 aliphatic heterocycles. The number of aromatic nitrogens is 2. The minimum Gasteiger partial charge on any atom is -0.397 e. The first-order valence-electron chi connectivity index (χ1n) is 6.67. The third-order valence-corrected chi connectivity index (χ3v) is 4.49. The van der Waals surface area contributed by atoms with E-state index >= 15 is 0 Å². The summed E-state index contributed by atoms with van der Waals surface area (Å²) in [7, 11) is 0. The minimum atomic E-state index is -0.119. The molecule has 108 valence electrons. The van der Waals surface area contributed by atoms with E-state index in [0.29, 0.717) is 23.7 Å². The second-order valence-corrected chi connectivity index (χ2v) is 5.95. The van der Waals surface area contributed by atoms with Crippen LogP contribution in [0.3, 0.4) is 0 Å². The molecule has 0 saturated heterocycles. The van der Waals surface area contributed by atoms with Crippen molar-refractivity contribution in [2.75, 3.05) is 12.3 Å². The Kier molecular flexibility index (Phi) is 3.62. The van der Waals surface area contributed by atoms with Crippen molar-refractivity contribution in [2.45, 2.75) is 13.5 Å². The number of nitrogen functional groups attached to an aromatic ring is 1. The van der Waals surface area contributed by atoms with Gasteiger partial charge in [-0.25, -0.2) is 4.98 Å². The summed E-state index contributed by atoms with van der Waals surface area (Å²) < 4.78 is 2.95. The van der Waals surface area contributed by atoms with Crippen molar-refractivity contribution in [3.63, 3.8) is 0 Å². The lowest BCUT2D eigenvalue weighted by Crippen LogP contribution is -2.26. The van der Waals surface area contributed by atoms with Gasteiger partial charge in [-0.3, -0.25) is 4.79 Å². The van der Waals surface area contributed by atoms with Gasteiger partial charge < -0.3 is 15.6 Å². The molecule has 0 unspecified atom stereocenters. The Morgan fingerprint density at radius 2 is 2.33 bits per heavy atom. The maximum atomic E-state index is 12.2. The average molecular weight is 300 g/mol. The summed E-state index contributed by atoms with van der Waals surface area (Å²) in [6, 6.07) is 6.05. The van der Waals surface area contributed by atoms with Crippen LogP contribution in [0.4, 0.5) is 5.69 Å². The lowest BCUT2D eigenvalue weighted by Gasteiger charge is -2.05. The molecular weight excluding hydrogens is 284 g/mol. The van der Waals surface area contributed by atoms with Crippen molar-refractivity contribution in [3.8, 4) is 0 Å². The topological polar surface area (TPSA) is 72.9 Å². The average Bonchev–Trinajstić information content (AvgIpc) is 3.08. The van der Waals surface area contributed by atoms with Crippen LogP contribution in [0.5, 0.6) is 0 Å². The molecule has 2 heterocycles. The summed E-state index contributed by atoms with van der Waals surface area (Å²) in [6.45, 7) is 3.25. The van der Waals surface area contributed by atoms with Crippen LogP contribution in [0.2, 0.25) is 0 Å². The largest absolute Gasteiger partial charge is 0.397 e. The first-order valence-corrected chi connectivity index (χ1v) is 7.49. The molecule has 21 heavy (non-hydrogen) atoms. The van der Waals surface area contributed by atoms with Crippen LogP contribution in [0.15, 0.2) is 36.9 Å². The molecule has 0 fully saturated rings. The quantitative estimate of drug-likeness (QED) is 0.777. The van der Waals surface area contributed by atoms with Gasteiger partial charge in [-0.2, -0.15) is 0 Å². The van der Waals surface area contributed by atoms with E-state index in [1.165, 1.54) is 11.3 Å². The Labute approximate surface area is 126 Å². The first kappa shape index (κ1) is 13.6. The summed E-state index contributed by atoms with van der Waals surface area (Å²) >= 11 is 1.43. The molecule has 0 atom stereocenters. The fraction of sp³-hybridized carbons (Fsp3) is 0.200. The fourth-order valence-corrected chi connectivity index (χ4v) is 3.22. The number of thiophene rings is 1. The van der Waals surface area contributed by atoms with Crippen LogP contribution >= 0.6 is 11.3 Å². The number of anilines is 1. The Morgan fingerprint density at radius 1 is 1.48 bits per heavy atom. The molecule has 0 saturated carbocycles. The Morgan fingerprint density at radius 3 is 3.10 bits per heavy atom. The number of hydrogen-bond acceptors (Lipinski definition) is 4. The molecular formula is C15H16N4OS. The van der Waals surface area contributed by atoms with Gasteiger partial charge in [0.25, 0.3) is 5.91 Å². The summed E-state index contributed by atoms with van der Waals surface area (Å²) in [6.07, 6.45) is 5.31. The monoisotopic (exact) mass is 300 g/mol. The predicted octanol–water partition coefficient (Wildman–Crippen LogP) is 2.42. The van der Waals surface area contributed by atoms with Crippen LogP contribution in [0.1, 0.15) is 15.2 Å². The molecule has 1 amide bonds. The van der Waals surface area contributed by atoms with Crippen LogP contribution < -0.4 is 11.1 Å². The van der Waals surface area contributed by atoms with Crippen molar-refractivity contribution in [1.82, 2.24) is 14.9 Å². The highest BCUT2D eigenvalue weighted by Gasteiger charge is 2.15. The van der Waals surface area contributed by atoms with Crippen LogP contribution in [-0.2, 0) is 6.54 Å². The number of benzene rings is 1. The molecule has 2 aromatic heterocycles. The summed E-state index contributed by atoms with van der Waals surface area (Å²) in [5.74, 6) is -0.119. The van der Waals surface area contributed by atoms with E-state index in [9.17, 15) is 4.79 Å². The molecule has 0 bridgehead atoms. The smallest absolute Gasteiger partial charge is 0.263 e. The van der Waals surface area contributed by atoms with Gasteiger partial charge in [-0.1, -0.05) is 11.6 Å². The zero-order valence-corrected chi connectivity index (χ0v) is 12.5. The Hall–Kier alpha value is -2.34. The maximum absolute atomic E-state index is 12.2. The molecule has 3 aromatic rings. The van der Waals surface area contributed by atoms with Gasteiger partial charge in [-0.05, 0) is 19.1 Å². The van der Waals surface area contributed by atoms with Gasteiger partial charge in [-0.15, -0.1) is 11.3 Å². The number of fused-ring (bicyclic) bond motifs is 1. The number of hydrogen-bond donors (Lipinski definition) is 2. The number of imidazole rings is 1. The minimum absolute atomic E-state index is 0.119. The molecule has 0 radical (unpaired) electrons. The van der Waals surface area contributed by atoms with E-state index in [1.807, 2.05) is 35.9 Å². The van der Waals surface area contributed by atoms with E-state index in [4.69, 9.17) is 5.73 Å². The predicted molar refractivity (Wildman–Crippen MR) is 85.5 cm³/mol. The number of aryl methyl sites for hydroxylation is 1. The highest BCUT2D eigenvalue weighted by molar-refractivity contribution is 7.21. The van der Waals surface area contributed by atoms with E-state index in [1.54, 1.807) is 12.5 Å². The third-order valence-electron chi connectivity index (χ3n) is 3.30. The van der Waals surface area contributed by atoms with Gasteiger partial charge in [0, 0.05) is 35.6 Å². The fourth-order valence-electron chi connectivity index (χ4n) is 2.20. The molecule has 1 aromatic carbocycles. The molecule has 3 N–H and O–H groups in total. The number of nitrogens with one attached hydrogen (secondary N) is 1. The molecule has 0 spiro atoms.